The summed E-state index contributed by atoms with van der Waals surface area (Å²) < 4.78 is 8.57. The van der Waals surface area contributed by atoms with Gasteiger partial charge in [0.25, 0.3) is 5.56 Å². The van der Waals surface area contributed by atoms with Gasteiger partial charge in [0.05, 0.1) is 12.8 Å². The maximum absolute atomic E-state index is 12.4. The molecule has 0 aliphatic rings. The molecule has 2 heterocycles. The molecular weight excluding hydrogens is 266 g/mol. The highest BCUT2D eigenvalue weighted by atomic mass is 16.5. The van der Waals surface area contributed by atoms with Gasteiger partial charge in [-0.05, 0) is 24.6 Å². The molecule has 5 heteroatoms. The Morgan fingerprint density at radius 2 is 2.10 bits per heavy atom. The van der Waals surface area contributed by atoms with Crippen LogP contribution in [0.1, 0.15) is 13.3 Å². The Morgan fingerprint density at radius 1 is 1.24 bits per heavy atom. The largest absolute Gasteiger partial charge is 0.497 e. The van der Waals surface area contributed by atoms with Crippen LogP contribution in [0.25, 0.3) is 16.8 Å². The van der Waals surface area contributed by atoms with E-state index >= 15 is 0 Å². The highest BCUT2D eigenvalue weighted by molar-refractivity contribution is 5.66. The SMILES string of the molecule is CCCn1ccn2nc(-c3cccc(OC)c3)cc2c1=O. The number of ether oxygens (including phenoxy) is 1. The Hall–Kier alpha value is -2.56. The van der Waals surface area contributed by atoms with Gasteiger partial charge in [0.1, 0.15) is 11.3 Å². The number of hydrogen-bond acceptors (Lipinski definition) is 3. The Bertz CT molecular complexity index is 833. The second-order valence-electron chi connectivity index (χ2n) is 4.89. The highest BCUT2D eigenvalue weighted by Gasteiger charge is 2.09. The van der Waals surface area contributed by atoms with Gasteiger partial charge in [-0.1, -0.05) is 19.1 Å². The fourth-order valence-corrected chi connectivity index (χ4v) is 2.37. The molecule has 0 N–H and O–H groups in total. The number of benzene rings is 1. The van der Waals surface area contributed by atoms with E-state index in [1.54, 1.807) is 22.4 Å². The highest BCUT2D eigenvalue weighted by Crippen LogP contribution is 2.22. The van der Waals surface area contributed by atoms with Crippen molar-refractivity contribution in [1.82, 2.24) is 14.2 Å². The molecule has 0 atom stereocenters. The van der Waals surface area contributed by atoms with Crippen molar-refractivity contribution in [3.8, 4) is 17.0 Å². The lowest BCUT2D eigenvalue weighted by atomic mass is 10.1. The number of aromatic nitrogens is 3. The molecule has 0 aliphatic carbocycles. The van der Waals surface area contributed by atoms with Crippen LogP contribution in [0, 0.1) is 0 Å². The Morgan fingerprint density at radius 3 is 2.86 bits per heavy atom. The first kappa shape index (κ1) is 13.4. The van der Waals surface area contributed by atoms with Gasteiger partial charge in [0.15, 0.2) is 0 Å². The van der Waals surface area contributed by atoms with E-state index in [4.69, 9.17) is 4.74 Å². The fourth-order valence-electron chi connectivity index (χ4n) is 2.37. The summed E-state index contributed by atoms with van der Waals surface area (Å²) in [7, 11) is 1.63. The van der Waals surface area contributed by atoms with Crippen LogP contribution >= 0.6 is 0 Å². The number of aryl methyl sites for hydroxylation is 1. The monoisotopic (exact) mass is 283 g/mol. The standard InChI is InChI=1S/C16H17N3O2/c1-3-7-18-8-9-19-15(16(18)20)11-14(17-19)12-5-4-6-13(10-12)21-2/h4-6,8-11H,3,7H2,1-2H3. The lowest BCUT2D eigenvalue weighted by Crippen LogP contribution is -2.20. The van der Waals surface area contributed by atoms with Crippen LogP contribution in [0.3, 0.4) is 0 Å². The average Bonchev–Trinajstić information content (AvgIpc) is 2.95. The second kappa shape index (κ2) is 5.44. The number of nitrogens with zero attached hydrogens (tertiary/aromatic N) is 3. The summed E-state index contributed by atoms with van der Waals surface area (Å²) in [5.74, 6) is 0.771. The molecule has 0 aliphatic heterocycles. The molecule has 3 aromatic rings. The first-order valence-electron chi connectivity index (χ1n) is 6.96. The zero-order valence-electron chi connectivity index (χ0n) is 12.1. The van der Waals surface area contributed by atoms with Gasteiger partial charge >= 0.3 is 0 Å². The molecule has 1 aromatic carbocycles. The van der Waals surface area contributed by atoms with Crippen LogP contribution in [0.2, 0.25) is 0 Å². The third-order valence-corrected chi connectivity index (χ3v) is 3.43. The van der Waals surface area contributed by atoms with E-state index in [0.29, 0.717) is 5.52 Å². The summed E-state index contributed by atoms with van der Waals surface area (Å²) in [6, 6.07) is 9.48. The third-order valence-electron chi connectivity index (χ3n) is 3.43. The quantitative estimate of drug-likeness (QED) is 0.739. The zero-order valence-corrected chi connectivity index (χ0v) is 12.1. The van der Waals surface area contributed by atoms with Crippen molar-refractivity contribution in [2.45, 2.75) is 19.9 Å². The van der Waals surface area contributed by atoms with E-state index in [9.17, 15) is 4.79 Å². The van der Waals surface area contributed by atoms with Crippen LogP contribution < -0.4 is 10.3 Å². The molecule has 0 fully saturated rings. The van der Waals surface area contributed by atoms with E-state index in [1.807, 2.05) is 36.5 Å². The van der Waals surface area contributed by atoms with Gasteiger partial charge in [0.2, 0.25) is 0 Å². The summed E-state index contributed by atoms with van der Waals surface area (Å²) in [5, 5.41) is 4.47. The van der Waals surface area contributed by atoms with Gasteiger partial charge < -0.3 is 9.30 Å². The van der Waals surface area contributed by atoms with Crippen molar-refractivity contribution in [2.75, 3.05) is 7.11 Å². The minimum atomic E-state index is -0.0130. The first-order valence-corrected chi connectivity index (χ1v) is 6.96. The molecule has 5 nitrogen and oxygen atoms in total. The first-order chi connectivity index (χ1) is 10.2. The van der Waals surface area contributed by atoms with Crippen LogP contribution in [0.4, 0.5) is 0 Å². The summed E-state index contributed by atoms with van der Waals surface area (Å²) in [5.41, 5.74) is 2.27. The van der Waals surface area contributed by atoms with E-state index in [1.165, 1.54) is 0 Å². The Kier molecular flexibility index (Phi) is 3.48. The maximum atomic E-state index is 12.4. The summed E-state index contributed by atoms with van der Waals surface area (Å²) in [6.45, 7) is 2.77. The fraction of sp³-hybridized carbons (Fsp3) is 0.250. The van der Waals surface area contributed by atoms with Gasteiger partial charge in [-0.25, -0.2) is 4.52 Å². The molecule has 0 saturated heterocycles. The molecule has 108 valence electrons. The van der Waals surface area contributed by atoms with Gasteiger partial charge in [0, 0.05) is 24.5 Å². The topological polar surface area (TPSA) is 48.5 Å². The van der Waals surface area contributed by atoms with Crippen molar-refractivity contribution in [3.05, 3.63) is 53.1 Å². The van der Waals surface area contributed by atoms with Crippen molar-refractivity contribution in [2.24, 2.45) is 0 Å². The smallest absolute Gasteiger partial charge is 0.276 e. The van der Waals surface area contributed by atoms with Gasteiger partial charge in [-0.15, -0.1) is 0 Å². The number of methoxy groups -OCH3 is 1. The van der Waals surface area contributed by atoms with Crippen molar-refractivity contribution >= 4 is 5.52 Å². The van der Waals surface area contributed by atoms with Crippen LogP contribution in [0.15, 0.2) is 47.5 Å². The minimum Gasteiger partial charge on any atom is -0.497 e. The molecule has 3 rings (SSSR count). The number of rotatable bonds is 4. The normalized spacial score (nSPS) is 11.0. The number of hydrogen-bond donors (Lipinski definition) is 0. The third kappa shape index (κ3) is 2.42. The van der Waals surface area contributed by atoms with Crippen LogP contribution in [0.5, 0.6) is 5.75 Å². The van der Waals surface area contributed by atoms with Gasteiger partial charge in [-0.3, -0.25) is 4.79 Å². The summed E-state index contributed by atoms with van der Waals surface area (Å²) >= 11 is 0. The lowest BCUT2D eigenvalue weighted by molar-refractivity contribution is 0.415. The second-order valence-corrected chi connectivity index (χ2v) is 4.89. The minimum absolute atomic E-state index is 0.0130. The summed E-state index contributed by atoms with van der Waals surface area (Å²) in [4.78, 5) is 12.4. The molecule has 0 saturated carbocycles. The van der Waals surface area contributed by atoms with Gasteiger partial charge in [-0.2, -0.15) is 5.10 Å². The lowest BCUT2D eigenvalue weighted by Gasteiger charge is -2.02. The zero-order chi connectivity index (χ0) is 14.8. The Labute approximate surface area is 122 Å². The van der Waals surface area contributed by atoms with E-state index in [-0.39, 0.29) is 5.56 Å². The van der Waals surface area contributed by atoms with Crippen LogP contribution in [-0.2, 0) is 6.54 Å². The van der Waals surface area contributed by atoms with Crippen molar-refractivity contribution in [3.63, 3.8) is 0 Å². The number of fused-ring (bicyclic) bond motifs is 1. The molecular formula is C16H17N3O2. The van der Waals surface area contributed by atoms with Crippen molar-refractivity contribution < 1.29 is 4.74 Å². The molecule has 2 aromatic heterocycles. The molecule has 0 spiro atoms. The van der Waals surface area contributed by atoms with E-state index < -0.39 is 0 Å². The average molecular weight is 283 g/mol. The molecule has 0 radical (unpaired) electrons. The maximum Gasteiger partial charge on any atom is 0.276 e. The molecule has 0 bridgehead atoms. The Balaban J connectivity index is 2.12. The van der Waals surface area contributed by atoms with Crippen LogP contribution in [-0.4, -0.2) is 21.3 Å². The molecule has 0 unspecified atom stereocenters. The van der Waals surface area contributed by atoms with E-state index in [0.717, 1.165) is 30.0 Å². The van der Waals surface area contributed by atoms with E-state index in [2.05, 4.69) is 12.0 Å². The predicted octanol–water partition coefficient (Wildman–Crippen LogP) is 2.58. The molecule has 0 amide bonds. The molecule has 21 heavy (non-hydrogen) atoms. The summed E-state index contributed by atoms with van der Waals surface area (Å²) in [6.07, 6.45) is 4.52. The van der Waals surface area contributed by atoms with Crippen molar-refractivity contribution in [1.29, 1.82) is 0 Å². The predicted molar refractivity (Wildman–Crippen MR) is 81.7 cm³/mol.